The van der Waals surface area contributed by atoms with Gasteiger partial charge < -0.3 is 4.98 Å². The molecule has 2 aromatic heterocycles. The van der Waals surface area contributed by atoms with Crippen LogP contribution in [0.1, 0.15) is 51.1 Å². The molecule has 142 valence electrons. The number of H-pyrrole nitrogens is 1. The molecule has 5 heteroatoms. The summed E-state index contributed by atoms with van der Waals surface area (Å²) in [6.07, 6.45) is 6.78. The largest absolute Gasteiger partial charge is 0.358 e. The number of aromatic nitrogens is 2. The van der Waals surface area contributed by atoms with E-state index in [9.17, 15) is 0 Å². The predicted octanol–water partition coefficient (Wildman–Crippen LogP) is 5.41. The van der Waals surface area contributed by atoms with E-state index in [0.29, 0.717) is 18.0 Å². The molecule has 3 N–H and O–H groups in total. The molecule has 0 bridgehead atoms. The topological polar surface area (TPSA) is 52.7 Å². The van der Waals surface area contributed by atoms with Crippen LogP contribution in [-0.4, -0.2) is 22.1 Å². The highest BCUT2D eigenvalue weighted by atomic mass is 32.2. The summed E-state index contributed by atoms with van der Waals surface area (Å²) in [4.78, 5) is 8.13. The fourth-order valence-corrected chi connectivity index (χ4v) is 4.53. The van der Waals surface area contributed by atoms with Crippen LogP contribution in [0.15, 0.2) is 48.7 Å². The lowest BCUT2D eigenvalue weighted by Gasteiger charge is -2.28. The van der Waals surface area contributed by atoms with Crippen LogP contribution in [0.5, 0.6) is 0 Å². The van der Waals surface area contributed by atoms with Crippen molar-refractivity contribution in [3.8, 4) is 11.3 Å². The van der Waals surface area contributed by atoms with Gasteiger partial charge >= 0.3 is 0 Å². The summed E-state index contributed by atoms with van der Waals surface area (Å²) >= 11 is 1.65. The Morgan fingerprint density at radius 1 is 1.07 bits per heavy atom. The standard InChI is InChI=1S/C22H28N4S/c1-15(2)25-27-26-19-9-6-16(7-10-19)22-14-18-13-17(8-11-21(18)24-22)20-5-3-4-12-23-20/h3-5,8,11-16,19,24-26H,6-7,9-10H2,1-2H3. The average molecular weight is 381 g/mol. The Morgan fingerprint density at radius 3 is 2.67 bits per heavy atom. The van der Waals surface area contributed by atoms with Gasteiger partial charge in [0.2, 0.25) is 0 Å². The molecular formula is C22H28N4S. The van der Waals surface area contributed by atoms with E-state index < -0.39 is 0 Å². The maximum absolute atomic E-state index is 4.47. The fraction of sp³-hybridized carbons (Fsp3) is 0.409. The van der Waals surface area contributed by atoms with Gasteiger partial charge in [-0.15, -0.1) is 0 Å². The fourth-order valence-electron chi connectivity index (χ4n) is 3.83. The highest BCUT2D eigenvalue weighted by molar-refractivity contribution is 7.95. The number of hydrogen-bond acceptors (Lipinski definition) is 4. The van der Waals surface area contributed by atoms with E-state index in [1.165, 1.54) is 47.8 Å². The minimum Gasteiger partial charge on any atom is -0.358 e. The van der Waals surface area contributed by atoms with Crippen molar-refractivity contribution in [2.45, 2.75) is 57.5 Å². The first-order valence-electron chi connectivity index (χ1n) is 9.90. The van der Waals surface area contributed by atoms with E-state index in [4.69, 9.17) is 0 Å². The Hall–Kier alpha value is -1.82. The van der Waals surface area contributed by atoms with Gasteiger partial charge in [0, 0.05) is 52.6 Å². The van der Waals surface area contributed by atoms with Crippen LogP contribution in [0.4, 0.5) is 0 Å². The Morgan fingerprint density at radius 2 is 1.93 bits per heavy atom. The summed E-state index contributed by atoms with van der Waals surface area (Å²) in [7, 11) is 0. The van der Waals surface area contributed by atoms with Gasteiger partial charge in [0.15, 0.2) is 0 Å². The number of rotatable bonds is 6. The zero-order valence-electron chi connectivity index (χ0n) is 16.0. The zero-order valence-corrected chi connectivity index (χ0v) is 16.9. The Kier molecular flexibility index (Phi) is 5.81. The summed E-state index contributed by atoms with van der Waals surface area (Å²) in [6.45, 7) is 4.33. The summed E-state index contributed by atoms with van der Waals surface area (Å²) in [5, 5.41) is 1.28. The van der Waals surface area contributed by atoms with E-state index in [1.807, 2.05) is 18.3 Å². The van der Waals surface area contributed by atoms with Crippen LogP contribution in [-0.2, 0) is 0 Å². The second-order valence-corrected chi connectivity index (χ2v) is 8.46. The molecule has 1 aliphatic rings. The van der Waals surface area contributed by atoms with Gasteiger partial charge in [0.1, 0.15) is 0 Å². The third kappa shape index (κ3) is 4.54. The molecule has 0 unspecified atom stereocenters. The molecule has 0 saturated heterocycles. The number of benzene rings is 1. The van der Waals surface area contributed by atoms with Gasteiger partial charge in [-0.3, -0.25) is 4.98 Å². The molecule has 1 aliphatic carbocycles. The van der Waals surface area contributed by atoms with E-state index in [-0.39, 0.29) is 0 Å². The molecule has 0 aliphatic heterocycles. The van der Waals surface area contributed by atoms with Crippen LogP contribution in [0, 0.1) is 0 Å². The van der Waals surface area contributed by atoms with Crippen LogP contribution in [0.2, 0.25) is 0 Å². The Bertz CT molecular complexity index is 866. The van der Waals surface area contributed by atoms with Gasteiger partial charge in [0.05, 0.1) is 5.69 Å². The number of aromatic amines is 1. The number of pyridine rings is 1. The van der Waals surface area contributed by atoms with Crippen molar-refractivity contribution in [2.24, 2.45) is 0 Å². The minimum atomic E-state index is 0.501. The molecular weight excluding hydrogens is 352 g/mol. The lowest BCUT2D eigenvalue weighted by atomic mass is 9.84. The second-order valence-electron chi connectivity index (χ2n) is 7.78. The molecule has 3 aromatic rings. The molecule has 0 radical (unpaired) electrons. The highest BCUT2D eigenvalue weighted by Gasteiger charge is 2.23. The van der Waals surface area contributed by atoms with E-state index in [2.05, 4.69) is 63.6 Å². The third-order valence-corrected chi connectivity index (χ3v) is 6.33. The lowest BCUT2D eigenvalue weighted by molar-refractivity contribution is 0.377. The van der Waals surface area contributed by atoms with Crippen LogP contribution in [0.3, 0.4) is 0 Å². The molecule has 4 nitrogen and oxygen atoms in total. The SMILES string of the molecule is CC(C)NSNC1CCC(c2cc3cc(-c4ccccn4)ccc3[nH]2)CC1. The summed E-state index contributed by atoms with van der Waals surface area (Å²) in [5.74, 6) is 0.636. The Labute approximate surface area is 165 Å². The van der Waals surface area contributed by atoms with E-state index in [0.717, 1.165) is 5.69 Å². The second kappa shape index (κ2) is 8.46. The molecule has 2 heterocycles. The van der Waals surface area contributed by atoms with Crippen LogP contribution in [0.25, 0.3) is 22.2 Å². The minimum absolute atomic E-state index is 0.501. The van der Waals surface area contributed by atoms with Gasteiger partial charge in [-0.25, -0.2) is 9.44 Å². The monoisotopic (exact) mass is 380 g/mol. The highest BCUT2D eigenvalue weighted by Crippen LogP contribution is 2.35. The first-order chi connectivity index (χ1) is 13.2. The molecule has 4 rings (SSSR count). The molecule has 1 aromatic carbocycles. The first-order valence-corrected chi connectivity index (χ1v) is 10.7. The van der Waals surface area contributed by atoms with Crippen molar-refractivity contribution in [1.29, 1.82) is 0 Å². The maximum atomic E-state index is 4.47. The normalized spacial score (nSPS) is 20.4. The lowest BCUT2D eigenvalue weighted by Crippen LogP contribution is -2.31. The summed E-state index contributed by atoms with van der Waals surface area (Å²) < 4.78 is 6.93. The van der Waals surface area contributed by atoms with Gasteiger partial charge in [-0.2, -0.15) is 0 Å². The molecule has 1 saturated carbocycles. The van der Waals surface area contributed by atoms with Crippen molar-refractivity contribution >= 4 is 23.0 Å². The van der Waals surface area contributed by atoms with Crippen molar-refractivity contribution < 1.29 is 0 Å². The first kappa shape index (κ1) is 18.5. The molecule has 1 fully saturated rings. The van der Waals surface area contributed by atoms with Crippen molar-refractivity contribution in [1.82, 2.24) is 19.4 Å². The van der Waals surface area contributed by atoms with E-state index >= 15 is 0 Å². The molecule has 0 atom stereocenters. The quantitative estimate of drug-likeness (QED) is 0.501. The van der Waals surface area contributed by atoms with Crippen LogP contribution >= 0.6 is 12.1 Å². The molecule has 27 heavy (non-hydrogen) atoms. The van der Waals surface area contributed by atoms with Crippen molar-refractivity contribution in [3.05, 3.63) is 54.4 Å². The smallest absolute Gasteiger partial charge is 0.0702 e. The summed E-state index contributed by atoms with van der Waals surface area (Å²) in [5.41, 5.74) is 4.81. The molecule has 0 amide bonds. The number of fused-ring (bicyclic) bond motifs is 1. The number of nitrogens with one attached hydrogen (secondary N) is 3. The number of nitrogens with zero attached hydrogens (tertiary/aromatic N) is 1. The van der Waals surface area contributed by atoms with E-state index in [1.54, 1.807) is 12.1 Å². The molecule has 0 spiro atoms. The van der Waals surface area contributed by atoms with Crippen molar-refractivity contribution in [2.75, 3.05) is 0 Å². The zero-order chi connectivity index (χ0) is 18.6. The third-order valence-electron chi connectivity index (χ3n) is 5.29. The Balaban J connectivity index is 1.41. The maximum Gasteiger partial charge on any atom is 0.0702 e. The summed E-state index contributed by atoms with van der Waals surface area (Å²) in [6, 6.07) is 16.1. The van der Waals surface area contributed by atoms with Gasteiger partial charge in [0.25, 0.3) is 0 Å². The predicted molar refractivity (Wildman–Crippen MR) is 116 cm³/mol. The van der Waals surface area contributed by atoms with Crippen LogP contribution < -0.4 is 9.44 Å². The van der Waals surface area contributed by atoms with Gasteiger partial charge in [-0.05, 0) is 75.8 Å². The number of hydrogen-bond donors (Lipinski definition) is 3. The van der Waals surface area contributed by atoms with Crippen molar-refractivity contribution in [3.63, 3.8) is 0 Å². The van der Waals surface area contributed by atoms with Gasteiger partial charge in [-0.1, -0.05) is 12.1 Å². The average Bonchev–Trinajstić information content (AvgIpc) is 3.12.